The summed E-state index contributed by atoms with van der Waals surface area (Å²) >= 11 is 0. The van der Waals surface area contributed by atoms with Crippen molar-refractivity contribution in [1.82, 2.24) is 0 Å². The van der Waals surface area contributed by atoms with Crippen LogP contribution in [0.4, 0.5) is 0 Å². The van der Waals surface area contributed by atoms with E-state index >= 15 is 0 Å². The Hall–Kier alpha value is -1.04. The maximum absolute atomic E-state index is 3.55. The lowest BCUT2D eigenvalue weighted by Crippen LogP contribution is -1.79. The van der Waals surface area contributed by atoms with Gasteiger partial charge in [-0.2, -0.15) is 0 Å². The lowest BCUT2D eigenvalue weighted by atomic mass is 10.1. The summed E-state index contributed by atoms with van der Waals surface area (Å²) in [5.41, 5.74) is 2.58. The maximum Gasteiger partial charge on any atom is -0.00290 e. The fourth-order valence-corrected chi connectivity index (χ4v) is 0.850. The van der Waals surface area contributed by atoms with Crippen molar-refractivity contribution in [3.8, 4) is 0 Å². The second kappa shape index (κ2) is 3.21. The summed E-state index contributed by atoms with van der Waals surface area (Å²) in [6.07, 6.45) is 3.70. The van der Waals surface area contributed by atoms with Crippen LogP contribution in [-0.4, -0.2) is 0 Å². The molecule has 0 amide bonds. The zero-order valence-corrected chi connectivity index (χ0v) is 6.22. The van der Waals surface area contributed by atoms with E-state index in [1.807, 2.05) is 0 Å². The average molecular weight is 131 g/mol. The molecule has 0 spiro atoms. The molecular formula is C10H11. The van der Waals surface area contributed by atoms with Gasteiger partial charge in [0, 0.05) is 0 Å². The molecule has 0 nitrogen and oxygen atoms in total. The predicted molar refractivity (Wildman–Crippen MR) is 43.8 cm³/mol. The number of benzene rings is 1. The predicted octanol–water partition coefficient (Wildman–Crippen LogP) is 2.53. The van der Waals surface area contributed by atoms with Gasteiger partial charge in [-0.25, -0.2) is 0 Å². The zero-order valence-electron chi connectivity index (χ0n) is 6.22. The molecule has 0 aromatic heterocycles. The molecule has 0 aliphatic carbocycles. The van der Waals surface area contributed by atoms with E-state index in [0.29, 0.717) is 0 Å². The van der Waals surface area contributed by atoms with Crippen LogP contribution in [0.1, 0.15) is 11.1 Å². The summed E-state index contributed by atoms with van der Waals surface area (Å²) in [4.78, 5) is 0. The van der Waals surface area contributed by atoms with Crippen LogP contribution in [0.5, 0.6) is 0 Å². The molecule has 0 aliphatic rings. The highest BCUT2D eigenvalue weighted by Gasteiger charge is 1.86. The summed E-state index contributed by atoms with van der Waals surface area (Å²) in [5, 5.41) is 0. The van der Waals surface area contributed by atoms with Crippen LogP contribution in [0.3, 0.4) is 0 Å². The van der Waals surface area contributed by atoms with Crippen molar-refractivity contribution in [3.63, 3.8) is 0 Å². The van der Waals surface area contributed by atoms with Crippen molar-refractivity contribution in [2.24, 2.45) is 0 Å². The highest BCUT2D eigenvalue weighted by Crippen LogP contribution is 2.02. The van der Waals surface area contributed by atoms with Crippen LogP contribution >= 0.6 is 0 Å². The average Bonchev–Trinajstić information content (AvgIpc) is 1.95. The van der Waals surface area contributed by atoms with Crippen molar-refractivity contribution in [2.45, 2.75) is 13.3 Å². The topological polar surface area (TPSA) is 0 Å². The lowest BCUT2D eigenvalue weighted by molar-refractivity contribution is 1.23. The smallest absolute Gasteiger partial charge is 0.00290 e. The first-order chi connectivity index (χ1) is 4.83. The van der Waals surface area contributed by atoms with Crippen LogP contribution in [0.2, 0.25) is 0 Å². The Morgan fingerprint density at radius 1 is 1.30 bits per heavy atom. The minimum atomic E-state index is 0.848. The first kappa shape index (κ1) is 7.07. The van der Waals surface area contributed by atoms with E-state index in [2.05, 4.69) is 43.8 Å². The molecular weight excluding hydrogens is 120 g/mol. The van der Waals surface area contributed by atoms with Crippen LogP contribution in [-0.2, 0) is 6.42 Å². The van der Waals surface area contributed by atoms with Crippen LogP contribution in [0, 0.1) is 13.0 Å². The third kappa shape index (κ3) is 1.73. The van der Waals surface area contributed by atoms with Crippen molar-refractivity contribution >= 4 is 0 Å². The second-order valence-electron chi connectivity index (χ2n) is 2.41. The third-order valence-corrected chi connectivity index (χ3v) is 1.45. The van der Waals surface area contributed by atoms with E-state index in [4.69, 9.17) is 0 Å². The number of aryl methyl sites for hydroxylation is 1. The molecule has 10 heavy (non-hydrogen) atoms. The Morgan fingerprint density at radius 2 is 1.90 bits per heavy atom. The minimum absolute atomic E-state index is 0.848. The van der Waals surface area contributed by atoms with Gasteiger partial charge in [0.2, 0.25) is 0 Å². The standard InChI is InChI=1S/C10H11/c1-3-4-10-7-5-9(2)6-8-10/h5-8H,1,4H2,2H3. The van der Waals surface area contributed by atoms with E-state index < -0.39 is 0 Å². The van der Waals surface area contributed by atoms with E-state index in [0.717, 1.165) is 6.42 Å². The van der Waals surface area contributed by atoms with Crippen molar-refractivity contribution < 1.29 is 0 Å². The van der Waals surface area contributed by atoms with Crippen LogP contribution in [0.15, 0.2) is 30.8 Å². The Labute approximate surface area is 62.2 Å². The molecule has 1 aromatic rings. The quantitative estimate of drug-likeness (QED) is 0.578. The molecule has 0 N–H and O–H groups in total. The summed E-state index contributed by atoms with van der Waals surface area (Å²) in [7, 11) is 0. The Morgan fingerprint density at radius 3 is 2.40 bits per heavy atom. The van der Waals surface area contributed by atoms with Crippen molar-refractivity contribution in [1.29, 1.82) is 0 Å². The highest BCUT2D eigenvalue weighted by molar-refractivity contribution is 5.21. The number of rotatable bonds is 2. The van der Waals surface area contributed by atoms with Gasteiger partial charge in [-0.1, -0.05) is 36.4 Å². The van der Waals surface area contributed by atoms with E-state index in [1.54, 1.807) is 0 Å². The molecule has 0 saturated heterocycles. The van der Waals surface area contributed by atoms with Gasteiger partial charge >= 0.3 is 0 Å². The maximum atomic E-state index is 3.55. The Kier molecular flexibility index (Phi) is 2.27. The van der Waals surface area contributed by atoms with Gasteiger partial charge in [0.05, 0.1) is 0 Å². The van der Waals surface area contributed by atoms with Gasteiger partial charge in [-0.15, -0.1) is 0 Å². The normalized spacial score (nSPS) is 9.30. The Bertz CT molecular complexity index is 206. The van der Waals surface area contributed by atoms with Crippen molar-refractivity contribution in [2.75, 3.05) is 0 Å². The SMILES string of the molecule is C=[C]Cc1ccc(C)cc1. The Balaban J connectivity index is 2.78. The molecule has 0 heteroatoms. The number of allylic oxidation sites excluding steroid dienone is 1. The molecule has 0 aliphatic heterocycles. The van der Waals surface area contributed by atoms with E-state index in [1.165, 1.54) is 11.1 Å². The lowest BCUT2D eigenvalue weighted by Gasteiger charge is -1.95. The van der Waals surface area contributed by atoms with Gasteiger partial charge in [-0.3, -0.25) is 0 Å². The summed E-state index contributed by atoms with van der Waals surface area (Å²) in [6.45, 7) is 5.64. The first-order valence-corrected chi connectivity index (χ1v) is 3.38. The molecule has 0 unspecified atom stereocenters. The van der Waals surface area contributed by atoms with Crippen molar-refractivity contribution in [3.05, 3.63) is 48.0 Å². The van der Waals surface area contributed by atoms with E-state index in [-0.39, 0.29) is 0 Å². The minimum Gasteiger partial charge on any atom is -0.0952 e. The molecule has 0 atom stereocenters. The van der Waals surface area contributed by atoms with Crippen LogP contribution < -0.4 is 0 Å². The highest BCUT2D eigenvalue weighted by atomic mass is 13.9. The number of hydrogen-bond donors (Lipinski definition) is 0. The monoisotopic (exact) mass is 131 g/mol. The van der Waals surface area contributed by atoms with Gasteiger partial charge in [0.25, 0.3) is 0 Å². The molecule has 0 saturated carbocycles. The first-order valence-electron chi connectivity index (χ1n) is 3.38. The fraction of sp³-hybridized carbons (Fsp3) is 0.200. The molecule has 51 valence electrons. The molecule has 0 fully saturated rings. The molecule has 1 rings (SSSR count). The van der Waals surface area contributed by atoms with E-state index in [9.17, 15) is 0 Å². The number of hydrogen-bond acceptors (Lipinski definition) is 0. The molecule has 1 aromatic carbocycles. The van der Waals surface area contributed by atoms with Gasteiger partial charge in [0.1, 0.15) is 0 Å². The molecule has 1 radical (unpaired) electrons. The van der Waals surface area contributed by atoms with Crippen LogP contribution in [0.25, 0.3) is 0 Å². The summed E-state index contributed by atoms with van der Waals surface area (Å²) in [5.74, 6) is 0. The van der Waals surface area contributed by atoms with Gasteiger partial charge in [0.15, 0.2) is 0 Å². The summed E-state index contributed by atoms with van der Waals surface area (Å²) < 4.78 is 0. The third-order valence-electron chi connectivity index (χ3n) is 1.45. The van der Waals surface area contributed by atoms with Gasteiger partial charge in [-0.05, 0) is 25.0 Å². The summed E-state index contributed by atoms with van der Waals surface area (Å²) in [6, 6.07) is 8.42. The second-order valence-corrected chi connectivity index (χ2v) is 2.41. The molecule has 0 heterocycles. The fourth-order valence-electron chi connectivity index (χ4n) is 0.850. The largest absolute Gasteiger partial charge is 0.0952 e. The van der Waals surface area contributed by atoms with Gasteiger partial charge < -0.3 is 0 Å². The zero-order chi connectivity index (χ0) is 7.40. The molecule has 0 bridgehead atoms.